The van der Waals surface area contributed by atoms with Gasteiger partial charge in [0.1, 0.15) is 16.9 Å². The first kappa shape index (κ1) is 22.1. The van der Waals surface area contributed by atoms with Crippen LogP contribution in [-0.4, -0.2) is 60.5 Å². The van der Waals surface area contributed by atoms with E-state index in [1.165, 1.54) is 0 Å². The molecular weight excluding hydrogens is 382 g/mol. The minimum Gasteiger partial charge on any atom is -0.497 e. The number of ether oxygens (including phenoxy) is 2. The molecule has 2 aromatic carbocycles. The second kappa shape index (κ2) is 10.5. The minimum absolute atomic E-state index is 0.272. The van der Waals surface area contributed by atoms with Gasteiger partial charge < -0.3 is 24.6 Å². The fourth-order valence-electron chi connectivity index (χ4n) is 4.11. The maximum Gasteiger partial charge on any atom is 0.313 e. The van der Waals surface area contributed by atoms with Crippen molar-refractivity contribution in [3.63, 3.8) is 0 Å². The molecule has 6 heteroatoms. The highest BCUT2D eigenvalue weighted by molar-refractivity contribution is 5.76. The van der Waals surface area contributed by atoms with Gasteiger partial charge in [0.15, 0.2) is 0 Å². The molecule has 0 saturated carbocycles. The average molecular weight is 414 g/mol. The Balaban J connectivity index is 1.56. The molecule has 0 spiro atoms. The van der Waals surface area contributed by atoms with Gasteiger partial charge in [0.2, 0.25) is 0 Å². The summed E-state index contributed by atoms with van der Waals surface area (Å²) in [6.45, 7) is 2.46. The number of unbranched alkanes of at least 4 members (excludes halogenated alkanes) is 1. The fraction of sp³-hybridized carbons (Fsp3) is 0.458. The summed E-state index contributed by atoms with van der Waals surface area (Å²) in [5.41, 5.74) is -0.362. The fourth-order valence-corrected chi connectivity index (χ4v) is 4.11. The molecule has 30 heavy (non-hydrogen) atoms. The third-order valence-corrected chi connectivity index (χ3v) is 5.82. The largest absolute Gasteiger partial charge is 0.497 e. The first-order valence-corrected chi connectivity index (χ1v) is 10.5. The molecule has 6 nitrogen and oxygen atoms in total. The summed E-state index contributed by atoms with van der Waals surface area (Å²) in [7, 11) is 1.59. The van der Waals surface area contributed by atoms with Crippen molar-refractivity contribution >= 4 is 5.97 Å². The number of nitrogens with zero attached hydrogens (tertiary/aromatic N) is 1. The molecule has 1 fully saturated rings. The molecule has 2 atom stereocenters. The van der Waals surface area contributed by atoms with Crippen LogP contribution in [-0.2, 0) is 11.2 Å². The smallest absolute Gasteiger partial charge is 0.313 e. The normalized spacial score (nSPS) is 21.9. The summed E-state index contributed by atoms with van der Waals surface area (Å²) in [6, 6.07) is 17.1. The number of hydrogen-bond acceptors (Lipinski definition) is 5. The van der Waals surface area contributed by atoms with Gasteiger partial charge >= 0.3 is 5.97 Å². The predicted molar refractivity (Wildman–Crippen MR) is 115 cm³/mol. The van der Waals surface area contributed by atoms with Crippen molar-refractivity contribution in [1.29, 1.82) is 0 Å². The van der Waals surface area contributed by atoms with E-state index in [4.69, 9.17) is 9.47 Å². The molecule has 0 bridgehead atoms. The van der Waals surface area contributed by atoms with Crippen LogP contribution in [0.4, 0.5) is 0 Å². The highest BCUT2D eigenvalue weighted by Crippen LogP contribution is 2.35. The maximum absolute atomic E-state index is 12.3. The number of aliphatic hydroxyl groups excluding tert-OH is 1. The number of hydrogen-bond donors (Lipinski definition) is 2. The molecule has 0 aliphatic carbocycles. The van der Waals surface area contributed by atoms with Crippen molar-refractivity contribution in [2.45, 2.75) is 31.8 Å². The number of carboxylic acid groups (broad SMARTS) is 1. The third kappa shape index (κ3) is 5.52. The van der Waals surface area contributed by atoms with Gasteiger partial charge in [0.05, 0.1) is 19.8 Å². The van der Waals surface area contributed by atoms with E-state index in [2.05, 4.69) is 4.90 Å². The van der Waals surface area contributed by atoms with Gasteiger partial charge in [0, 0.05) is 13.1 Å². The standard InChI is InChI=1S/C24H31NO5/c1-29-21-11-7-8-19(16-21)17-24(23(27)28)18-25(14-12-22(24)26)13-5-6-15-30-20-9-3-2-4-10-20/h2-4,7-11,16,22,26H,5-6,12-15,17-18H2,1H3,(H,27,28)/t22-,24-/m1/s1. The molecule has 0 amide bonds. The van der Waals surface area contributed by atoms with Crippen molar-refractivity contribution < 1.29 is 24.5 Å². The van der Waals surface area contributed by atoms with E-state index < -0.39 is 17.5 Å². The molecule has 2 N–H and O–H groups in total. The zero-order valence-electron chi connectivity index (χ0n) is 17.5. The molecule has 0 radical (unpaired) electrons. The Kier molecular flexibility index (Phi) is 7.71. The van der Waals surface area contributed by atoms with Gasteiger partial charge in [-0.1, -0.05) is 30.3 Å². The van der Waals surface area contributed by atoms with E-state index in [1.807, 2.05) is 54.6 Å². The third-order valence-electron chi connectivity index (χ3n) is 5.82. The highest BCUT2D eigenvalue weighted by Gasteiger charge is 2.49. The predicted octanol–water partition coefficient (Wildman–Crippen LogP) is 3.23. The lowest BCUT2D eigenvalue weighted by molar-refractivity contribution is -0.163. The van der Waals surface area contributed by atoms with Gasteiger partial charge in [-0.3, -0.25) is 4.79 Å². The average Bonchev–Trinajstić information content (AvgIpc) is 2.76. The molecule has 162 valence electrons. The van der Waals surface area contributed by atoms with Crippen LogP contribution in [0.5, 0.6) is 11.5 Å². The number of aliphatic hydroxyl groups is 1. The van der Waals surface area contributed by atoms with Crippen LogP contribution in [0.1, 0.15) is 24.8 Å². The van der Waals surface area contributed by atoms with Crippen LogP contribution in [0.3, 0.4) is 0 Å². The van der Waals surface area contributed by atoms with Crippen LogP contribution in [0.2, 0.25) is 0 Å². The van der Waals surface area contributed by atoms with E-state index in [0.29, 0.717) is 31.9 Å². The zero-order valence-corrected chi connectivity index (χ0v) is 17.5. The number of benzene rings is 2. The molecule has 1 saturated heterocycles. The number of aliphatic carboxylic acids is 1. The lowest BCUT2D eigenvalue weighted by atomic mass is 9.72. The van der Waals surface area contributed by atoms with E-state index in [9.17, 15) is 15.0 Å². The van der Waals surface area contributed by atoms with E-state index in [0.717, 1.165) is 30.7 Å². The number of rotatable bonds is 10. The van der Waals surface area contributed by atoms with E-state index in [-0.39, 0.29) is 6.42 Å². The van der Waals surface area contributed by atoms with E-state index in [1.54, 1.807) is 7.11 Å². The first-order chi connectivity index (χ1) is 14.5. The Morgan fingerprint density at radius 1 is 1.13 bits per heavy atom. The molecule has 0 unspecified atom stereocenters. The number of carbonyl (C=O) groups is 1. The summed E-state index contributed by atoms with van der Waals surface area (Å²) in [4.78, 5) is 14.4. The van der Waals surface area contributed by atoms with Gasteiger partial charge in [-0.25, -0.2) is 0 Å². The summed E-state index contributed by atoms with van der Waals surface area (Å²) < 4.78 is 11.0. The first-order valence-electron chi connectivity index (χ1n) is 10.5. The van der Waals surface area contributed by atoms with Gasteiger partial charge in [-0.15, -0.1) is 0 Å². The number of methoxy groups -OCH3 is 1. The lowest BCUT2D eigenvalue weighted by Crippen LogP contribution is -2.57. The van der Waals surface area contributed by atoms with Crippen LogP contribution >= 0.6 is 0 Å². The highest BCUT2D eigenvalue weighted by atomic mass is 16.5. The summed E-state index contributed by atoms with van der Waals surface area (Å²) in [6.07, 6.45) is 1.66. The lowest BCUT2D eigenvalue weighted by Gasteiger charge is -2.43. The number of carboxylic acids is 1. The summed E-state index contributed by atoms with van der Waals surface area (Å²) in [5.74, 6) is 0.602. The summed E-state index contributed by atoms with van der Waals surface area (Å²) in [5, 5.41) is 20.7. The van der Waals surface area contributed by atoms with Crippen LogP contribution in [0, 0.1) is 5.41 Å². The van der Waals surface area contributed by atoms with Crippen molar-refractivity contribution in [1.82, 2.24) is 4.90 Å². The quantitative estimate of drug-likeness (QED) is 0.582. The van der Waals surface area contributed by atoms with Crippen LogP contribution in [0.15, 0.2) is 54.6 Å². The second-order valence-electron chi connectivity index (χ2n) is 7.94. The Morgan fingerprint density at radius 2 is 1.90 bits per heavy atom. The SMILES string of the molecule is COc1cccc(C[C@@]2(C(=O)O)CN(CCCCOc3ccccc3)CC[C@H]2O)c1. The molecule has 2 aromatic rings. The van der Waals surface area contributed by atoms with Gasteiger partial charge in [-0.2, -0.15) is 0 Å². The molecular formula is C24H31NO5. The monoisotopic (exact) mass is 413 g/mol. The molecule has 3 rings (SSSR count). The van der Waals surface area contributed by atoms with Crippen molar-refractivity contribution in [2.75, 3.05) is 33.4 Å². The Hall–Kier alpha value is -2.57. The molecule has 1 aliphatic rings. The van der Waals surface area contributed by atoms with Gasteiger partial charge in [-0.05, 0) is 62.1 Å². The topological polar surface area (TPSA) is 79.2 Å². The Labute approximate surface area is 178 Å². The van der Waals surface area contributed by atoms with Gasteiger partial charge in [0.25, 0.3) is 0 Å². The molecule has 0 aromatic heterocycles. The zero-order chi connectivity index (χ0) is 21.4. The van der Waals surface area contributed by atoms with Crippen molar-refractivity contribution in [2.24, 2.45) is 5.41 Å². The molecule has 1 heterocycles. The minimum atomic E-state index is -1.22. The van der Waals surface area contributed by atoms with Crippen LogP contribution in [0.25, 0.3) is 0 Å². The van der Waals surface area contributed by atoms with E-state index >= 15 is 0 Å². The number of para-hydroxylation sites is 1. The summed E-state index contributed by atoms with van der Waals surface area (Å²) >= 11 is 0. The molecule has 1 aliphatic heterocycles. The number of likely N-dealkylation sites (tertiary alicyclic amines) is 1. The number of piperidine rings is 1. The maximum atomic E-state index is 12.3. The van der Waals surface area contributed by atoms with Crippen molar-refractivity contribution in [3.8, 4) is 11.5 Å². The van der Waals surface area contributed by atoms with Crippen LogP contribution < -0.4 is 9.47 Å². The second-order valence-corrected chi connectivity index (χ2v) is 7.94. The Morgan fingerprint density at radius 3 is 2.63 bits per heavy atom. The van der Waals surface area contributed by atoms with Crippen molar-refractivity contribution in [3.05, 3.63) is 60.2 Å². The Bertz CT molecular complexity index is 812.